The van der Waals surface area contributed by atoms with Crippen LogP contribution in [0.15, 0.2) is 42.5 Å². The summed E-state index contributed by atoms with van der Waals surface area (Å²) in [4.78, 5) is 12.1. The number of rotatable bonds is 10. The van der Waals surface area contributed by atoms with Crippen LogP contribution in [0.4, 0.5) is 5.69 Å². The van der Waals surface area contributed by atoms with Crippen molar-refractivity contribution in [1.82, 2.24) is 5.32 Å². The lowest BCUT2D eigenvalue weighted by Crippen LogP contribution is -2.33. The van der Waals surface area contributed by atoms with E-state index in [1.807, 2.05) is 12.1 Å². The van der Waals surface area contributed by atoms with Gasteiger partial charge in [-0.15, -0.1) is 0 Å². The SMILES string of the molecule is CS(=O)(=O)N(CCCC(=O)NCCOc1ccccc1Cl)c1ccc2c(c1)OCCO2. The molecule has 0 atom stereocenters. The van der Waals surface area contributed by atoms with E-state index in [-0.39, 0.29) is 25.5 Å². The Morgan fingerprint density at radius 2 is 1.90 bits per heavy atom. The van der Waals surface area contributed by atoms with E-state index >= 15 is 0 Å². The maximum Gasteiger partial charge on any atom is 0.232 e. The summed E-state index contributed by atoms with van der Waals surface area (Å²) in [6.45, 7) is 1.64. The third-order valence-electron chi connectivity index (χ3n) is 4.50. The van der Waals surface area contributed by atoms with Gasteiger partial charge in [0.2, 0.25) is 15.9 Å². The fourth-order valence-electron chi connectivity index (χ4n) is 3.06. The molecule has 0 bridgehead atoms. The van der Waals surface area contributed by atoms with Crippen LogP contribution < -0.4 is 23.8 Å². The van der Waals surface area contributed by atoms with Crippen molar-refractivity contribution in [1.29, 1.82) is 0 Å². The van der Waals surface area contributed by atoms with Gasteiger partial charge in [-0.05, 0) is 30.7 Å². The van der Waals surface area contributed by atoms with Crippen molar-refractivity contribution in [3.05, 3.63) is 47.5 Å². The monoisotopic (exact) mass is 468 g/mol. The van der Waals surface area contributed by atoms with Crippen LogP contribution in [0.2, 0.25) is 5.02 Å². The number of sulfonamides is 1. The molecule has 0 unspecified atom stereocenters. The molecule has 1 aliphatic heterocycles. The van der Waals surface area contributed by atoms with Crippen LogP contribution in [0.25, 0.3) is 0 Å². The molecule has 0 saturated carbocycles. The summed E-state index contributed by atoms with van der Waals surface area (Å²) in [5.41, 5.74) is 0.472. The molecular formula is C21H25ClN2O6S. The smallest absolute Gasteiger partial charge is 0.232 e. The minimum absolute atomic E-state index is 0.169. The summed E-state index contributed by atoms with van der Waals surface area (Å²) in [5.74, 6) is 1.47. The summed E-state index contributed by atoms with van der Waals surface area (Å²) in [6.07, 6.45) is 1.68. The van der Waals surface area contributed by atoms with Crippen LogP contribution in [0.5, 0.6) is 17.2 Å². The number of amides is 1. The topological polar surface area (TPSA) is 94.2 Å². The Hall–Kier alpha value is -2.65. The van der Waals surface area contributed by atoms with Crippen LogP contribution in [-0.2, 0) is 14.8 Å². The zero-order valence-electron chi connectivity index (χ0n) is 17.2. The first-order valence-corrected chi connectivity index (χ1v) is 12.1. The molecule has 0 radical (unpaired) electrons. The summed E-state index contributed by atoms with van der Waals surface area (Å²) in [5, 5.41) is 3.26. The highest BCUT2D eigenvalue weighted by Crippen LogP contribution is 2.34. The molecule has 1 amide bonds. The van der Waals surface area contributed by atoms with E-state index < -0.39 is 10.0 Å². The molecule has 8 nitrogen and oxygen atoms in total. The lowest BCUT2D eigenvalue weighted by Gasteiger charge is -2.25. The third-order valence-corrected chi connectivity index (χ3v) is 6.00. The molecule has 2 aromatic carbocycles. The molecule has 1 N–H and O–H groups in total. The van der Waals surface area contributed by atoms with E-state index in [2.05, 4.69) is 5.32 Å². The Morgan fingerprint density at radius 1 is 1.16 bits per heavy atom. The van der Waals surface area contributed by atoms with E-state index in [0.717, 1.165) is 6.26 Å². The Morgan fingerprint density at radius 3 is 2.65 bits per heavy atom. The molecule has 0 spiro atoms. The van der Waals surface area contributed by atoms with Gasteiger partial charge >= 0.3 is 0 Å². The van der Waals surface area contributed by atoms with Crippen molar-refractivity contribution in [2.75, 3.05) is 43.5 Å². The first-order valence-electron chi connectivity index (χ1n) is 9.86. The molecule has 0 saturated heterocycles. The van der Waals surface area contributed by atoms with Crippen molar-refractivity contribution in [2.45, 2.75) is 12.8 Å². The Bertz CT molecular complexity index is 1010. The number of carbonyl (C=O) groups excluding carboxylic acids is 1. The van der Waals surface area contributed by atoms with Crippen molar-refractivity contribution in [3.63, 3.8) is 0 Å². The number of hydrogen-bond acceptors (Lipinski definition) is 6. The molecule has 3 rings (SSSR count). The number of halogens is 1. The zero-order chi connectivity index (χ0) is 22.3. The lowest BCUT2D eigenvalue weighted by molar-refractivity contribution is -0.121. The first kappa shape index (κ1) is 23.0. The largest absolute Gasteiger partial charge is 0.490 e. The first-order chi connectivity index (χ1) is 14.8. The number of ether oxygens (including phenoxy) is 3. The number of para-hydroxylation sites is 1. The van der Waals surface area contributed by atoms with Crippen molar-refractivity contribution in [3.8, 4) is 17.2 Å². The highest BCUT2D eigenvalue weighted by atomic mass is 35.5. The van der Waals surface area contributed by atoms with Gasteiger partial charge in [-0.1, -0.05) is 23.7 Å². The average molecular weight is 469 g/mol. The van der Waals surface area contributed by atoms with Crippen molar-refractivity contribution < 1.29 is 27.4 Å². The third kappa shape index (κ3) is 6.67. The predicted octanol–water partition coefficient (Wildman–Crippen LogP) is 2.85. The lowest BCUT2D eigenvalue weighted by atomic mass is 10.2. The maximum atomic E-state index is 12.3. The minimum atomic E-state index is -3.53. The highest BCUT2D eigenvalue weighted by Gasteiger charge is 2.21. The van der Waals surface area contributed by atoms with Crippen molar-refractivity contribution >= 4 is 33.2 Å². The number of nitrogens with one attached hydrogen (secondary N) is 1. The molecule has 0 aliphatic carbocycles. The fourth-order valence-corrected chi connectivity index (χ4v) is 4.21. The maximum absolute atomic E-state index is 12.3. The van der Waals surface area contributed by atoms with Crippen molar-refractivity contribution in [2.24, 2.45) is 0 Å². The number of nitrogens with zero attached hydrogens (tertiary/aromatic N) is 1. The van der Waals surface area contributed by atoms with Gasteiger partial charge < -0.3 is 19.5 Å². The number of benzene rings is 2. The number of carbonyl (C=O) groups is 1. The van der Waals surface area contributed by atoms with E-state index in [1.165, 1.54) is 4.31 Å². The average Bonchev–Trinajstić information content (AvgIpc) is 2.74. The van der Waals surface area contributed by atoms with E-state index in [4.69, 9.17) is 25.8 Å². The molecule has 31 heavy (non-hydrogen) atoms. The normalized spacial score (nSPS) is 12.8. The Balaban J connectivity index is 1.46. The van der Waals surface area contributed by atoms with Gasteiger partial charge in [0.25, 0.3) is 0 Å². The summed E-state index contributed by atoms with van der Waals surface area (Å²) >= 11 is 6.01. The van der Waals surface area contributed by atoms with Gasteiger partial charge in [0, 0.05) is 19.0 Å². The van der Waals surface area contributed by atoms with Gasteiger partial charge in [0.15, 0.2) is 11.5 Å². The molecule has 1 aliphatic rings. The summed E-state index contributed by atoms with van der Waals surface area (Å²) in [7, 11) is -3.53. The molecule has 2 aromatic rings. The number of anilines is 1. The number of fused-ring (bicyclic) bond motifs is 1. The zero-order valence-corrected chi connectivity index (χ0v) is 18.7. The summed E-state index contributed by atoms with van der Waals surface area (Å²) in [6, 6.07) is 12.1. The van der Waals surface area contributed by atoms with E-state index in [9.17, 15) is 13.2 Å². The standard InChI is InChI=1S/C21H25ClN2O6S/c1-31(26,27)24(16-8-9-19-20(15-16)30-14-13-29-19)11-4-7-21(25)23-10-12-28-18-6-3-2-5-17(18)22/h2-3,5-6,8-9,15H,4,7,10-14H2,1H3,(H,23,25). The molecule has 168 valence electrons. The van der Waals surface area contributed by atoms with Gasteiger partial charge in [-0.3, -0.25) is 9.10 Å². The Labute approximate surface area is 187 Å². The van der Waals surface area contributed by atoms with Gasteiger partial charge in [0.1, 0.15) is 25.6 Å². The number of hydrogen-bond donors (Lipinski definition) is 1. The van der Waals surface area contributed by atoms with Gasteiger partial charge in [-0.25, -0.2) is 8.42 Å². The molecule has 0 fully saturated rings. The molecular weight excluding hydrogens is 444 g/mol. The van der Waals surface area contributed by atoms with Crippen LogP contribution in [0.1, 0.15) is 12.8 Å². The molecule has 10 heteroatoms. The highest BCUT2D eigenvalue weighted by molar-refractivity contribution is 7.92. The van der Waals surface area contributed by atoms with E-state index in [0.29, 0.717) is 54.1 Å². The van der Waals surface area contributed by atoms with Crippen LogP contribution in [-0.4, -0.2) is 53.5 Å². The second kappa shape index (κ2) is 10.6. The predicted molar refractivity (Wildman–Crippen MR) is 119 cm³/mol. The Kier molecular flexibility index (Phi) is 7.86. The van der Waals surface area contributed by atoms with E-state index in [1.54, 1.807) is 30.3 Å². The minimum Gasteiger partial charge on any atom is -0.490 e. The van der Waals surface area contributed by atoms with Gasteiger partial charge in [0.05, 0.1) is 23.5 Å². The van der Waals surface area contributed by atoms with Crippen LogP contribution in [0.3, 0.4) is 0 Å². The second-order valence-corrected chi connectivity index (χ2v) is 9.21. The van der Waals surface area contributed by atoms with Gasteiger partial charge in [-0.2, -0.15) is 0 Å². The molecule has 1 heterocycles. The fraction of sp³-hybridized carbons (Fsp3) is 0.381. The van der Waals surface area contributed by atoms with Crippen LogP contribution in [0, 0.1) is 0 Å². The summed E-state index contributed by atoms with van der Waals surface area (Å²) < 4.78 is 42.3. The van der Waals surface area contributed by atoms with Crippen LogP contribution >= 0.6 is 11.6 Å². The second-order valence-electron chi connectivity index (χ2n) is 6.90. The quantitative estimate of drug-likeness (QED) is 0.539. The molecule has 0 aromatic heterocycles.